The minimum Gasteiger partial charge on any atom is -0.379 e. The number of nitrogens with zero attached hydrogens (tertiary/aromatic N) is 2. The highest BCUT2D eigenvalue weighted by Crippen LogP contribution is 2.26. The highest BCUT2D eigenvalue weighted by atomic mass is 35.5. The molecule has 0 spiro atoms. The zero-order valence-corrected chi connectivity index (χ0v) is 23.4. The Kier molecular flexibility index (Phi) is 14.1. The van der Waals surface area contributed by atoms with E-state index >= 15 is 0 Å². The van der Waals surface area contributed by atoms with Crippen LogP contribution < -0.4 is 0 Å². The molecule has 0 N–H and O–H groups in total. The second-order valence-electron chi connectivity index (χ2n) is 8.71. The summed E-state index contributed by atoms with van der Waals surface area (Å²) in [6.07, 6.45) is 1.42. The highest BCUT2D eigenvalue weighted by molar-refractivity contribution is 6.42. The molecule has 2 aromatic rings. The topological polar surface area (TPSA) is 51.2 Å². The average molecular weight is 560 g/mol. The molecule has 0 unspecified atom stereocenters. The third-order valence-electron chi connectivity index (χ3n) is 6.20. The Balaban J connectivity index is 0.00000456. The lowest BCUT2D eigenvalue weighted by atomic mass is 10.0. The Morgan fingerprint density at radius 2 is 1.78 bits per heavy atom. The molecule has 1 aliphatic rings. The second-order valence-corrected chi connectivity index (χ2v) is 9.52. The molecule has 0 saturated carbocycles. The van der Waals surface area contributed by atoms with Gasteiger partial charge in [-0.2, -0.15) is 0 Å². The van der Waals surface area contributed by atoms with Gasteiger partial charge >= 0.3 is 0 Å². The third kappa shape index (κ3) is 9.82. The summed E-state index contributed by atoms with van der Waals surface area (Å²) in [4.78, 5) is 17.4. The fourth-order valence-corrected chi connectivity index (χ4v) is 4.55. The first-order valence-corrected chi connectivity index (χ1v) is 13.0. The predicted molar refractivity (Wildman–Crippen MR) is 147 cm³/mol. The molecule has 3 rings (SSSR count). The Morgan fingerprint density at radius 3 is 2.50 bits per heavy atom. The van der Waals surface area contributed by atoms with Crippen LogP contribution in [0.2, 0.25) is 10.0 Å². The van der Waals surface area contributed by atoms with E-state index in [1.807, 2.05) is 43.1 Å². The van der Waals surface area contributed by atoms with Crippen LogP contribution in [0.5, 0.6) is 0 Å². The van der Waals surface area contributed by atoms with Gasteiger partial charge in [-0.3, -0.25) is 9.69 Å². The van der Waals surface area contributed by atoms with Gasteiger partial charge in [0.25, 0.3) is 0 Å². The first-order valence-electron chi connectivity index (χ1n) is 12.2. The van der Waals surface area contributed by atoms with Crippen molar-refractivity contribution >= 4 is 41.5 Å². The van der Waals surface area contributed by atoms with Crippen molar-refractivity contribution < 1.29 is 19.0 Å². The summed E-state index contributed by atoms with van der Waals surface area (Å²) < 4.78 is 16.8. The molecule has 0 aliphatic carbocycles. The minimum absolute atomic E-state index is 0. The van der Waals surface area contributed by atoms with Crippen molar-refractivity contribution in [1.82, 2.24) is 9.80 Å². The second kappa shape index (κ2) is 16.5. The van der Waals surface area contributed by atoms with E-state index in [0.717, 1.165) is 37.2 Å². The smallest absolute Gasteiger partial charge is 0.227 e. The minimum atomic E-state index is -0.0629. The number of carbonyl (C=O) groups is 1. The molecule has 200 valence electrons. The summed E-state index contributed by atoms with van der Waals surface area (Å²) in [6, 6.07) is 15.5. The molecule has 36 heavy (non-hydrogen) atoms. The number of benzene rings is 2. The van der Waals surface area contributed by atoms with E-state index in [1.165, 1.54) is 0 Å². The van der Waals surface area contributed by atoms with Crippen molar-refractivity contribution in [2.45, 2.75) is 31.9 Å². The molecular formula is C27H37Cl3N2O4. The van der Waals surface area contributed by atoms with Gasteiger partial charge < -0.3 is 19.1 Å². The van der Waals surface area contributed by atoms with Crippen molar-refractivity contribution in [3.8, 4) is 0 Å². The van der Waals surface area contributed by atoms with Crippen LogP contribution in [0, 0.1) is 0 Å². The van der Waals surface area contributed by atoms with Gasteiger partial charge in [-0.05, 0) is 36.6 Å². The normalized spacial score (nSPS) is 16.5. The molecular weight excluding hydrogens is 523 g/mol. The van der Waals surface area contributed by atoms with Gasteiger partial charge in [-0.25, -0.2) is 0 Å². The monoisotopic (exact) mass is 558 g/mol. The first-order chi connectivity index (χ1) is 17.0. The zero-order valence-electron chi connectivity index (χ0n) is 21.0. The summed E-state index contributed by atoms with van der Waals surface area (Å²) in [5, 5.41) is 0.947. The SMILES string of the molecule is CCOCCOCCO[C@H]1CCN(C[C@H](c2ccccc2)N(C)C(=O)Cc2ccc(Cl)c(Cl)c2)C1.Cl. The number of ether oxygens (including phenoxy) is 3. The summed E-state index contributed by atoms with van der Waals surface area (Å²) in [5.41, 5.74) is 1.96. The van der Waals surface area contributed by atoms with Gasteiger partial charge in [0.15, 0.2) is 0 Å². The number of rotatable bonds is 14. The lowest BCUT2D eigenvalue weighted by Crippen LogP contribution is -2.39. The van der Waals surface area contributed by atoms with E-state index in [0.29, 0.717) is 43.1 Å². The van der Waals surface area contributed by atoms with E-state index in [1.54, 1.807) is 12.1 Å². The van der Waals surface area contributed by atoms with E-state index in [9.17, 15) is 4.79 Å². The van der Waals surface area contributed by atoms with Gasteiger partial charge in [0, 0.05) is 33.3 Å². The van der Waals surface area contributed by atoms with Gasteiger partial charge in [-0.15, -0.1) is 12.4 Å². The van der Waals surface area contributed by atoms with Crippen LogP contribution in [-0.4, -0.2) is 81.5 Å². The molecule has 1 amide bonds. The van der Waals surface area contributed by atoms with Crippen molar-refractivity contribution in [2.24, 2.45) is 0 Å². The molecule has 1 aliphatic heterocycles. The maximum Gasteiger partial charge on any atom is 0.227 e. The van der Waals surface area contributed by atoms with Crippen LogP contribution in [0.1, 0.15) is 30.5 Å². The molecule has 6 nitrogen and oxygen atoms in total. The van der Waals surface area contributed by atoms with Gasteiger partial charge in [0.2, 0.25) is 5.91 Å². The van der Waals surface area contributed by atoms with Crippen molar-refractivity contribution in [3.05, 3.63) is 69.7 Å². The molecule has 0 radical (unpaired) electrons. The van der Waals surface area contributed by atoms with Crippen molar-refractivity contribution in [1.29, 1.82) is 0 Å². The Hall–Kier alpha value is -1.38. The van der Waals surface area contributed by atoms with Gasteiger partial charge in [0.05, 0.1) is 55.0 Å². The number of hydrogen-bond donors (Lipinski definition) is 0. The van der Waals surface area contributed by atoms with E-state index in [4.69, 9.17) is 37.4 Å². The molecule has 2 atom stereocenters. The largest absolute Gasteiger partial charge is 0.379 e. The molecule has 0 bridgehead atoms. The summed E-state index contributed by atoms with van der Waals surface area (Å²) in [5.74, 6) is 0.0356. The van der Waals surface area contributed by atoms with Crippen molar-refractivity contribution in [2.75, 3.05) is 59.7 Å². The maximum absolute atomic E-state index is 13.2. The molecule has 1 heterocycles. The van der Waals surface area contributed by atoms with E-state index in [2.05, 4.69) is 17.0 Å². The standard InChI is InChI=1S/C27H36Cl2N2O4.ClH/c1-3-33-13-14-34-15-16-35-23-11-12-31(19-23)20-26(22-7-5-4-6-8-22)30(2)27(32)18-21-9-10-24(28)25(29)17-21;/h4-10,17,23,26H,3,11-16,18-20H2,1-2H3;1H/t23-,26+;/m0./s1. The fraction of sp³-hybridized carbons (Fsp3) is 0.519. The number of amides is 1. The van der Waals surface area contributed by atoms with Crippen LogP contribution in [0.15, 0.2) is 48.5 Å². The van der Waals surface area contributed by atoms with Crippen molar-refractivity contribution in [3.63, 3.8) is 0 Å². The van der Waals surface area contributed by atoms with Crippen LogP contribution in [-0.2, 0) is 25.4 Å². The lowest BCUT2D eigenvalue weighted by Gasteiger charge is -2.32. The average Bonchev–Trinajstić information content (AvgIpc) is 3.31. The molecule has 1 saturated heterocycles. The number of carbonyl (C=O) groups excluding carboxylic acids is 1. The summed E-state index contributed by atoms with van der Waals surface area (Å²) in [7, 11) is 1.88. The Bertz CT molecular complexity index is 919. The molecule has 9 heteroatoms. The number of likely N-dealkylation sites (N-methyl/N-ethyl adjacent to an activating group) is 1. The molecule has 1 fully saturated rings. The molecule has 0 aromatic heterocycles. The highest BCUT2D eigenvalue weighted by Gasteiger charge is 2.29. The number of halogens is 3. The lowest BCUT2D eigenvalue weighted by molar-refractivity contribution is -0.131. The van der Waals surface area contributed by atoms with Crippen LogP contribution in [0.4, 0.5) is 0 Å². The van der Waals surface area contributed by atoms with Gasteiger partial charge in [-0.1, -0.05) is 59.6 Å². The van der Waals surface area contributed by atoms with Gasteiger partial charge in [0.1, 0.15) is 0 Å². The Morgan fingerprint density at radius 1 is 1.06 bits per heavy atom. The van der Waals surface area contributed by atoms with Crippen LogP contribution >= 0.6 is 35.6 Å². The van der Waals surface area contributed by atoms with Crippen LogP contribution in [0.25, 0.3) is 0 Å². The third-order valence-corrected chi connectivity index (χ3v) is 6.94. The quantitative estimate of drug-likeness (QED) is 0.294. The predicted octanol–water partition coefficient (Wildman–Crippen LogP) is 5.30. The summed E-state index contributed by atoms with van der Waals surface area (Å²) in [6.45, 7) is 7.57. The van der Waals surface area contributed by atoms with Crippen LogP contribution in [0.3, 0.4) is 0 Å². The Labute approximate surface area is 231 Å². The number of hydrogen-bond acceptors (Lipinski definition) is 5. The molecule has 2 aromatic carbocycles. The van der Waals surface area contributed by atoms with E-state index < -0.39 is 0 Å². The number of likely N-dealkylation sites (tertiary alicyclic amines) is 1. The first kappa shape index (κ1) is 30.8. The zero-order chi connectivity index (χ0) is 25.0. The fourth-order valence-electron chi connectivity index (χ4n) is 4.23. The van der Waals surface area contributed by atoms with E-state index in [-0.39, 0.29) is 36.9 Å². The summed E-state index contributed by atoms with van der Waals surface area (Å²) >= 11 is 12.2. The maximum atomic E-state index is 13.2.